The zero-order valence-electron chi connectivity index (χ0n) is 12.8. The number of nitrogens with zero attached hydrogens (tertiary/aromatic N) is 2. The van der Waals surface area contributed by atoms with E-state index in [0.717, 1.165) is 0 Å². The number of fused-ring (bicyclic) bond motifs is 1. The Morgan fingerprint density at radius 3 is 2.52 bits per heavy atom. The summed E-state index contributed by atoms with van der Waals surface area (Å²) < 4.78 is 5.02. The zero-order valence-corrected chi connectivity index (χ0v) is 12.8. The third kappa shape index (κ3) is 3.03. The quantitative estimate of drug-likeness (QED) is 0.315. The molecule has 9 heteroatoms. The van der Waals surface area contributed by atoms with Crippen LogP contribution in [0.1, 0.15) is 20.7 Å². The van der Waals surface area contributed by atoms with Gasteiger partial charge in [-0.25, -0.2) is 0 Å². The molecule has 0 radical (unpaired) electrons. The van der Waals surface area contributed by atoms with Crippen LogP contribution < -0.4 is 16.0 Å². The number of amides is 3. The highest BCUT2D eigenvalue weighted by molar-refractivity contribution is 6.23. The Bertz CT molecular complexity index is 733. The second-order valence-electron chi connectivity index (χ2n) is 4.39. The van der Waals surface area contributed by atoms with Gasteiger partial charge < -0.3 is 15.4 Å². The maximum atomic E-state index is 11.9. The maximum absolute atomic E-state index is 11.9. The number of nitrogens with one attached hydrogen (secondary N) is 3. The summed E-state index contributed by atoms with van der Waals surface area (Å²) in [6.07, 6.45) is 0. The molecule has 1 aliphatic heterocycles. The monoisotopic (exact) mass is 317 g/mol. The van der Waals surface area contributed by atoms with Crippen molar-refractivity contribution in [1.82, 2.24) is 16.0 Å². The van der Waals surface area contributed by atoms with Crippen molar-refractivity contribution >= 4 is 23.4 Å². The van der Waals surface area contributed by atoms with Gasteiger partial charge in [0.2, 0.25) is 11.6 Å². The molecular weight excluding hydrogens is 302 g/mol. The van der Waals surface area contributed by atoms with Crippen molar-refractivity contribution in [2.24, 2.45) is 10.2 Å². The van der Waals surface area contributed by atoms with Gasteiger partial charge in [0.15, 0.2) is 0 Å². The summed E-state index contributed by atoms with van der Waals surface area (Å²) in [4.78, 5) is 35.3. The molecule has 3 N–H and O–H groups in total. The Hall–Kier alpha value is -3.23. The Kier molecular flexibility index (Phi) is 4.69. The van der Waals surface area contributed by atoms with E-state index in [2.05, 4.69) is 26.2 Å². The molecule has 0 aliphatic carbocycles. The lowest BCUT2D eigenvalue weighted by Gasteiger charge is -2.08. The molecular formula is C14H15N5O4. The standard InChI is InChI=1S/C14H15N5O4/c1-15-13(22)10(14(16-2)23-3)19-18-8-6-4-5-7-9(8)12(21)17-11(7)20/h4-6,16H,1-3H3,(H,15,22)(H,17,20,21)/b14-10-,19-18?. The van der Waals surface area contributed by atoms with Crippen molar-refractivity contribution in [3.05, 3.63) is 40.9 Å². The minimum absolute atomic E-state index is 0.0974. The molecule has 1 heterocycles. The number of benzene rings is 1. The van der Waals surface area contributed by atoms with Gasteiger partial charge in [0.1, 0.15) is 0 Å². The first-order valence-electron chi connectivity index (χ1n) is 6.62. The molecule has 0 spiro atoms. The minimum Gasteiger partial charge on any atom is -0.481 e. The summed E-state index contributed by atoms with van der Waals surface area (Å²) in [7, 11) is 4.37. The summed E-state index contributed by atoms with van der Waals surface area (Å²) in [5.41, 5.74) is 0.428. The van der Waals surface area contributed by atoms with E-state index in [4.69, 9.17) is 4.74 Å². The number of carbonyl (C=O) groups excluding carboxylic acids is 3. The molecule has 0 atom stereocenters. The maximum Gasteiger partial charge on any atom is 0.277 e. The van der Waals surface area contributed by atoms with Crippen LogP contribution in [0.25, 0.3) is 0 Å². The van der Waals surface area contributed by atoms with E-state index in [0.29, 0.717) is 0 Å². The molecule has 0 unspecified atom stereocenters. The van der Waals surface area contributed by atoms with Crippen LogP contribution in [0.2, 0.25) is 0 Å². The first-order valence-corrected chi connectivity index (χ1v) is 6.62. The third-order valence-electron chi connectivity index (χ3n) is 3.09. The average molecular weight is 317 g/mol. The predicted molar refractivity (Wildman–Crippen MR) is 79.9 cm³/mol. The summed E-state index contributed by atoms with van der Waals surface area (Å²) in [5, 5.41) is 15.1. The zero-order chi connectivity index (χ0) is 17.0. The number of likely N-dealkylation sites (N-methyl/N-ethyl adjacent to an activating group) is 1. The first kappa shape index (κ1) is 16.1. The van der Waals surface area contributed by atoms with E-state index in [-0.39, 0.29) is 28.4 Å². The van der Waals surface area contributed by atoms with E-state index in [1.165, 1.54) is 26.3 Å². The third-order valence-corrected chi connectivity index (χ3v) is 3.09. The van der Waals surface area contributed by atoms with Crippen LogP contribution in [0.4, 0.5) is 5.69 Å². The van der Waals surface area contributed by atoms with E-state index >= 15 is 0 Å². The molecule has 1 aromatic carbocycles. The molecule has 23 heavy (non-hydrogen) atoms. The first-order chi connectivity index (χ1) is 11.0. The topological polar surface area (TPSA) is 121 Å². The van der Waals surface area contributed by atoms with Gasteiger partial charge in [-0.1, -0.05) is 6.07 Å². The fourth-order valence-corrected chi connectivity index (χ4v) is 2.02. The van der Waals surface area contributed by atoms with Crippen molar-refractivity contribution in [2.45, 2.75) is 0 Å². The highest BCUT2D eigenvalue weighted by Crippen LogP contribution is 2.27. The summed E-state index contributed by atoms with van der Waals surface area (Å²) >= 11 is 0. The van der Waals surface area contributed by atoms with Crippen LogP contribution in [0.15, 0.2) is 40.0 Å². The summed E-state index contributed by atoms with van der Waals surface area (Å²) in [6, 6.07) is 4.61. The number of imide groups is 1. The normalized spacial score (nSPS) is 14.2. The lowest BCUT2D eigenvalue weighted by molar-refractivity contribution is -0.117. The molecule has 3 amide bonds. The van der Waals surface area contributed by atoms with E-state index in [9.17, 15) is 14.4 Å². The van der Waals surface area contributed by atoms with Crippen LogP contribution in [0.3, 0.4) is 0 Å². The fraction of sp³-hybridized carbons (Fsp3) is 0.214. The van der Waals surface area contributed by atoms with Crippen LogP contribution >= 0.6 is 0 Å². The highest BCUT2D eigenvalue weighted by atomic mass is 16.5. The van der Waals surface area contributed by atoms with Gasteiger partial charge in [0, 0.05) is 14.1 Å². The second kappa shape index (κ2) is 6.69. The molecule has 2 rings (SSSR count). The molecule has 0 saturated carbocycles. The molecule has 1 aromatic rings. The number of hydrogen-bond donors (Lipinski definition) is 3. The number of ether oxygens (including phenoxy) is 1. The molecule has 0 aromatic heterocycles. The fourth-order valence-electron chi connectivity index (χ4n) is 2.02. The van der Waals surface area contributed by atoms with Crippen LogP contribution in [0, 0.1) is 0 Å². The largest absolute Gasteiger partial charge is 0.481 e. The summed E-state index contributed by atoms with van der Waals surface area (Å²) in [5.74, 6) is -1.45. The number of methoxy groups -OCH3 is 1. The van der Waals surface area contributed by atoms with Gasteiger partial charge in [-0.3, -0.25) is 19.7 Å². The van der Waals surface area contributed by atoms with Gasteiger partial charge in [-0.2, -0.15) is 0 Å². The Morgan fingerprint density at radius 1 is 1.17 bits per heavy atom. The Morgan fingerprint density at radius 2 is 1.91 bits per heavy atom. The predicted octanol–water partition coefficient (Wildman–Crippen LogP) is 0.435. The van der Waals surface area contributed by atoms with Crippen molar-refractivity contribution < 1.29 is 19.1 Å². The Balaban J connectivity index is 2.47. The van der Waals surface area contributed by atoms with Gasteiger partial charge in [0.05, 0.1) is 23.9 Å². The van der Waals surface area contributed by atoms with Gasteiger partial charge >= 0.3 is 0 Å². The SMILES string of the molecule is CNC(=O)/C(N=Nc1cccc2c1C(=O)NC2=O)=C(\NC)OC. The number of azo groups is 1. The van der Waals surface area contributed by atoms with E-state index in [1.54, 1.807) is 13.1 Å². The van der Waals surface area contributed by atoms with E-state index in [1.807, 2.05) is 0 Å². The average Bonchev–Trinajstić information content (AvgIpc) is 2.86. The van der Waals surface area contributed by atoms with Crippen LogP contribution in [-0.4, -0.2) is 38.9 Å². The van der Waals surface area contributed by atoms with Crippen LogP contribution in [0.5, 0.6) is 0 Å². The van der Waals surface area contributed by atoms with Crippen molar-refractivity contribution in [1.29, 1.82) is 0 Å². The molecule has 0 fully saturated rings. The molecule has 1 aliphatic rings. The van der Waals surface area contributed by atoms with Crippen molar-refractivity contribution in [3.8, 4) is 0 Å². The van der Waals surface area contributed by atoms with Crippen molar-refractivity contribution in [2.75, 3.05) is 21.2 Å². The van der Waals surface area contributed by atoms with Crippen molar-refractivity contribution in [3.63, 3.8) is 0 Å². The Labute approximate surface area is 131 Å². The molecule has 0 bridgehead atoms. The molecule has 0 saturated heterocycles. The minimum atomic E-state index is -0.550. The number of rotatable bonds is 5. The molecule has 120 valence electrons. The highest BCUT2D eigenvalue weighted by Gasteiger charge is 2.29. The molecule has 9 nitrogen and oxygen atoms in total. The van der Waals surface area contributed by atoms with E-state index < -0.39 is 17.7 Å². The lowest BCUT2D eigenvalue weighted by atomic mass is 10.1. The number of hydrogen-bond acceptors (Lipinski definition) is 7. The second-order valence-corrected chi connectivity index (χ2v) is 4.39. The van der Waals surface area contributed by atoms with Gasteiger partial charge in [-0.05, 0) is 12.1 Å². The smallest absolute Gasteiger partial charge is 0.277 e. The summed E-state index contributed by atoms with van der Waals surface area (Å²) in [6.45, 7) is 0. The van der Waals surface area contributed by atoms with Crippen LogP contribution in [-0.2, 0) is 9.53 Å². The number of carbonyl (C=O) groups is 3. The lowest BCUT2D eigenvalue weighted by Crippen LogP contribution is -2.24. The van der Waals surface area contributed by atoms with Gasteiger partial charge in [0.25, 0.3) is 17.7 Å². The van der Waals surface area contributed by atoms with Gasteiger partial charge in [-0.15, -0.1) is 10.2 Å².